The molecule has 10 nitrogen and oxygen atoms in total. The third-order valence-corrected chi connectivity index (χ3v) is 6.85. The first kappa shape index (κ1) is 26.3. The van der Waals surface area contributed by atoms with Crippen LogP contribution in [-0.4, -0.2) is 84.2 Å². The van der Waals surface area contributed by atoms with Crippen molar-refractivity contribution < 1.29 is 23.9 Å². The summed E-state index contributed by atoms with van der Waals surface area (Å²) in [6.45, 7) is 4.76. The average molecular weight is 510 g/mol. The molecule has 2 aromatic rings. The Morgan fingerprint density at radius 3 is 2.08 bits per heavy atom. The van der Waals surface area contributed by atoms with E-state index in [2.05, 4.69) is 5.32 Å². The van der Waals surface area contributed by atoms with Gasteiger partial charge in [0.2, 0.25) is 11.8 Å². The first-order chi connectivity index (χ1) is 17.7. The average Bonchev–Trinajstić information content (AvgIpc) is 2.88. The Bertz CT molecular complexity index is 1120. The second-order valence-corrected chi connectivity index (χ2v) is 9.70. The van der Waals surface area contributed by atoms with E-state index in [1.807, 2.05) is 62.4 Å². The summed E-state index contributed by atoms with van der Waals surface area (Å²) in [4.78, 5) is 43.5. The van der Waals surface area contributed by atoms with Gasteiger partial charge in [0.05, 0.1) is 27.3 Å². The maximum absolute atomic E-state index is 13.6. The van der Waals surface area contributed by atoms with E-state index in [0.717, 1.165) is 22.6 Å². The molecule has 0 saturated carbocycles. The van der Waals surface area contributed by atoms with Crippen LogP contribution in [-0.2, 0) is 22.7 Å². The van der Waals surface area contributed by atoms with Crippen molar-refractivity contribution in [2.75, 3.05) is 34.4 Å². The van der Waals surface area contributed by atoms with Crippen molar-refractivity contribution in [3.8, 4) is 11.5 Å². The smallest absolute Gasteiger partial charge is 0.334 e. The molecule has 0 aliphatic carbocycles. The molecule has 2 fully saturated rings. The first-order valence-corrected chi connectivity index (χ1v) is 12.4. The quantitative estimate of drug-likeness (QED) is 0.616. The van der Waals surface area contributed by atoms with Gasteiger partial charge in [-0.25, -0.2) is 14.8 Å². The van der Waals surface area contributed by atoms with Crippen LogP contribution in [0.2, 0.25) is 0 Å². The number of amides is 4. The molecule has 2 saturated heterocycles. The van der Waals surface area contributed by atoms with E-state index in [1.54, 1.807) is 41.1 Å². The predicted octanol–water partition coefficient (Wildman–Crippen LogP) is 2.30. The van der Waals surface area contributed by atoms with Crippen molar-refractivity contribution >= 4 is 17.8 Å². The number of fused-ring (bicyclic) bond motifs is 1. The summed E-state index contributed by atoms with van der Waals surface area (Å²) in [5.41, 5.74) is 1.86. The van der Waals surface area contributed by atoms with Gasteiger partial charge in [0.15, 0.2) is 0 Å². The topological polar surface area (TPSA) is 94.7 Å². The lowest BCUT2D eigenvalue weighted by Crippen LogP contribution is -2.76. The molecule has 10 heteroatoms. The molecule has 0 bridgehead atoms. The van der Waals surface area contributed by atoms with Crippen LogP contribution in [0.3, 0.4) is 0 Å². The number of carbonyl (C=O) groups excluding carboxylic acids is 3. The van der Waals surface area contributed by atoms with Crippen molar-refractivity contribution in [2.45, 2.75) is 39.1 Å². The number of rotatable bonds is 7. The number of ether oxygens (including phenoxy) is 2. The molecule has 4 amide bonds. The number of hydrogen-bond acceptors (Lipinski definition) is 6. The number of hydrogen-bond donors (Lipinski definition) is 1. The summed E-state index contributed by atoms with van der Waals surface area (Å²) in [5.74, 6) is 1.08. The maximum atomic E-state index is 13.6. The fraction of sp³-hybridized carbons (Fsp3) is 0.444. The second kappa shape index (κ2) is 11.1. The van der Waals surface area contributed by atoms with Crippen LogP contribution in [0.1, 0.15) is 25.0 Å². The van der Waals surface area contributed by atoms with Crippen LogP contribution in [0.15, 0.2) is 48.5 Å². The summed E-state index contributed by atoms with van der Waals surface area (Å²) in [6.07, 6.45) is -0.620. The van der Waals surface area contributed by atoms with E-state index in [-0.39, 0.29) is 36.9 Å². The van der Waals surface area contributed by atoms with Gasteiger partial charge >= 0.3 is 6.03 Å². The molecule has 2 aromatic carbocycles. The van der Waals surface area contributed by atoms with Gasteiger partial charge in [-0.15, -0.1) is 0 Å². The highest BCUT2D eigenvalue weighted by Gasteiger charge is 2.51. The normalized spacial score (nSPS) is 20.2. The van der Waals surface area contributed by atoms with Crippen molar-refractivity contribution in [1.29, 1.82) is 0 Å². The van der Waals surface area contributed by atoms with Gasteiger partial charge in [0.25, 0.3) is 0 Å². The molecule has 2 atom stereocenters. The molecule has 2 aliphatic rings. The zero-order chi connectivity index (χ0) is 26.7. The van der Waals surface area contributed by atoms with Crippen LogP contribution in [0.4, 0.5) is 4.79 Å². The first-order valence-electron chi connectivity index (χ1n) is 12.4. The SMILES string of the molecule is COc1ccc(CNC(=O)N2C3CN(Cc4ccc(OC)cc4)C(=O)C(C(C)C)N3C(=O)CN2C)cc1. The Hall–Kier alpha value is -3.79. The molecule has 4 rings (SSSR count). The number of piperazine rings is 1. The van der Waals surface area contributed by atoms with Gasteiger partial charge in [-0.3, -0.25) is 9.59 Å². The maximum Gasteiger partial charge on any atom is 0.334 e. The lowest BCUT2D eigenvalue weighted by atomic mass is 9.96. The molecular formula is C27H35N5O5. The number of urea groups is 1. The van der Waals surface area contributed by atoms with E-state index in [1.165, 1.54) is 0 Å². The Labute approximate surface area is 217 Å². The van der Waals surface area contributed by atoms with Crippen LogP contribution in [0, 0.1) is 5.92 Å². The Morgan fingerprint density at radius 1 is 0.973 bits per heavy atom. The Kier molecular flexibility index (Phi) is 7.87. The molecule has 0 radical (unpaired) electrons. The molecule has 37 heavy (non-hydrogen) atoms. The van der Waals surface area contributed by atoms with E-state index in [0.29, 0.717) is 13.1 Å². The van der Waals surface area contributed by atoms with Crippen LogP contribution in [0.25, 0.3) is 0 Å². The Balaban J connectivity index is 1.57. The third kappa shape index (κ3) is 5.48. The fourth-order valence-corrected chi connectivity index (χ4v) is 4.96. The summed E-state index contributed by atoms with van der Waals surface area (Å²) in [6, 6.07) is 14.0. The van der Waals surface area contributed by atoms with Crippen LogP contribution >= 0.6 is 0 Å². The molecule has 0 spiro atoms. The van der Waals surface area contributed by atoms with Gasteiger partial charge in [0.1, 0.15) is 23.7 Å². The molecule has 198 valence electrons. The largest absolute Gasteiger partial charge is 0.497 e. The highest BCUT2D eigenvalue weighted by molar-refractivity contribution is 5.91. The third-order valence-electron chi connectivity index (χ3n) is 6.85. The minimum atomic E-state index is -0.657. The zero-order valence-electron chi connectivity index (χ0n) is 22.0. The minimum absolute atomic E-state index is 0.0153. The molecule has 2 heterocycles. The summed E-state index contributed by atoms with van der Waals surface area (Å²) >= 11 is 0. The lowest BCUT2D eigenvalue weighted by Gasteiger charge is -2.55. The van der Waals surface area contributed by atoms with E-state index in [9.17, 15) is 14.4 Å². The molecule has 0 aromatic heterocycles. The highest BCUT2D eigenvalue weighted by atomic mass is 16.5. The number of methoxy groups -OCH3 is 2. The number of nitrogens with one attached hydrogen (secondary N) is 1. The van der Waals surface area contributed by atoms with Gasteiger partial charge in [-0.2, -0.15) is 0 Å². The number of benzene rings is 2. The zero-order valence-corrected chi connectivity index (χ0v) is 22.0. The second-order valence-electron chi connectivity index (χ2n) is 9.70. The van der Waals surface area contributed by atoms with Gasteiger partial charge in [-0.05, 0) is 41.3 Å². The standard InChI is InChI=1S/C27H35N5O5/c1-18(2)25-26(34)30(15-20-8-12-22(37-5)13-9-20)16-23-31(25)24(33)17-29(3)32(23)27(35)28-14-19-6-10-21(36-4)11-7-19/h6-13,18,23,25H,14-17H2,1-5H3,(H,28,35). The monoisotopic (exact) mass is 509 g/mol. The highest BCUT2D eigenvalue weighted by Crippen LogP contribution is 2.30. The number of nitrogens with zero attached hydrogens (tertiary/aromatic N) is 4. The van der Waals surface area contributed by atoms with Gasteiger partial charge in [-0.1, -0.05) is 38.1 Å². The molecular weight excluding hydrogens is 474 g/mol. The number of hydrazine groups is 1. The Morgan fingerprint density at radius 2 is 1.54 bits per heavy atom. The number of likely N-dealkylation sites (N-methyl/N-ethyl adjacent to an activating group) is 1. The minimum Gasteiger partial charge on any atom is -0.497 e. The molecule has 2 aliphatic heterocycles. The van der Waals surface area contributed by atoms with E-state index in [4.69, 9.17) is 9.47 Å². The van der Waals surface area contributed by atoms with Gasteiger partial charge in [0, 0.05) is 20.1 Å². The lowest BCUT2D eigenvalue weighted by molar-refractivity contribution is -0.190. The molecule has 1 N–H and O–H groups in total. The summed E-state index contributed by atoms with van der Waals surface area (Å²) in [5, 5.41) is 6.16. The van der Waals surface area contributed by atoms with Crippen molar-refractivity contribution in [3.63, 3.8) is 0 Å². The van der Waals surface area contributed by atoms with Crippen molar-refractivity contribution in [1.82, 2.24) is 25.1 Å². The summed E-state index contributed by atoms with van der Waals surface area (Å²) in [7, 11) is 4.93. The molecule has 2 unspecified atom stereocenters. The van der Waals surface area contributed by atoms with Crippen molar-refractivity contribution in [2.24, 2.45) is 5.92 Å². The van der Waals surface area contributed by atoms with Crippen LogP contribution < -0.4 is 14.8 Å². The number of carbonyl (C=O) groups is 3. The predicted molar refractivity (Wildman–Crippen MR) is 137 cm³/mol. The van der Waals surface area contributed by atoms with Crippen molar-refractivity contribution in [3.05, 3.63) is 59.7 Å². The fourth-order valence-electron chi connectivity index (χ4n) is 4.96. The van der Waals surface area contributed by atoms with Gasteiger partial charge < -0.3 is 24.6 Å². The van der Waals surface area contributed by atoms with E-state index >= 15 is 0 Å². The summed E-state index contributed by atoms with van der Waals surface area (Å²) < 4.78 is 10.4. The van der Waals surface area contributed by atoms with Crippen LogP contribution in [0.5, 0.6) is 11.5 Å². The van der Waals surface area contributed by atoms with E-state index < -0.39 is 12.2 Å².